The molecule has 1 aliphatic carbocycles. The topological polar surface area (TPSA) is 66.0 Å². The quantitative estimate of drug-likeness (QED) is 0.521. The molecule has 20 heavy (non-hydrogen) atoms. The molecule has 1 amide bonds. The van der Waals surface area contributed by atoms with Gasteiger partial charge in [0.15, 0.2) is 0 Å². The molecule has 0 atom stereocenters. The first-order valence-corrected chi connectivity index (χ1v) is 7.18. The van der Waals surface area contributed by atoms with Gasteiger partial charge in [-0.1, -0.05) is 25.7 Å². The number of rotatable bonds is 3. The van der Waals surface area contributed by atoms with Crippen LogP contribution in [0.2, 0.25) is 0 Å². The molecule has 0 aromatic carbocycles. The molecule has 1 aromatic rings. The molecular formula is C16H20N2O2. The molecule has 1 aliphatic rings. The van der Waals surface area contributed by atoms with E-state index in [1.807, 2.05) is 19.1 Å². The highest BCUT2D eigenvalue weighted by Gasteiger charge is 2.17. The fourth-order valence-electron chi connectivity index (χ4n) is 2.51. The maximum Gasteiger partial charge on any atom is 0.262 e. The summed E-state index contributed by atoms with van der Waals surface area (Å²) in [5.41, 5.74) is 0.101. The molecule has 106 valence electrons. The summed E-state index contributed by atoms with van der Waals surface area (Å²) in [6.07, 6.45) is 8.27. The third-order valence-electron chi connectivity index (χ3n) is 3.60. The van der Waals surface area contributed by atoms with Crippen LogP contribution in [0.3, 0.4) is 0 Å². The van der Waals surface area contributed by atoms with E-state index in [1.165, 1.54) is 18.9 Å². The van der Waals surface area contributed by atoms with Crippen LogP contribution in [-0.4, -0.2) is 11.9 Å². The van der Waals surface area contributed by atoms with Crippen molar-refractivity contribution in [2.45, 2.75) is 51.5 Å². The van der Waals surface area contributed by atoms with Crippen LogP contribution in [0, 0.1) is 18.3 Å². The summed E-state index contributed by atoms with van der Waals surface area (Å²) in [5, 5.41) is 12.1. The monoisotopic (exact) mass is 272 g/mol. The number of nitrogens with zero attached hydrogens (tertiary/aromatic N) is 1. The smallest absolute Gasteiger partial charge is 0.262 e. The Balaban J connectivity index is 2.02. The fraction of sp³-hybridized carbons (Fsp3) is 0.500. The van der Waals surface area contributed by atoms with E-state index < -0.39 is 0 Å². The Labute approximate surface area is 119 Å². The van der Waals surface area contributed by atoms with Crippen LogP contribution in [0.1, 0.15) is 50.0 Å². The number of hydrogen-bond acceptors (Lipinski definition) is 3. The minimum absolute atomic E-state index is 0.101. The number of furan rings is 1. The van der Waals surface area contributed by atoms with Crippen molar-refractivity contribution >= 4 is 12.0 Å². The van der Waals surface area contributed by atoms with Crippen molar-refractivity contribution in [3.8, 4) is 6.07 Å². The number of hydrogen-bond donors (Lipinski definition) is 1. The zero-order valence-corrected chi connectivity index (χ0v) is 11.8. The lowest BCUT2D eigenvalue weighted by Crippen LogP contribution is -2.35. The third kappa shape index (κ3) is 3.99. The van der Waals surface area contributed by atoms with Crippen LogP contribution < -0.4 is 5.32 Å². The predicted molar refractivity (Wildman–Crippen MR) is 76.7 cm³/mol. The molecule has 2 rings (SSSR count). The van der Waals surface area contributed by atoms with E-state index in [-0.39, 0.29) is 17.5 Å². The first-order valence-electron chi connectivity index (χ1n) is 7.18. The van der Waals surface area contributed by atoms with Gasteiger partial charge in [-0.2, -0.15) is 5.26 Å². The molecule has 0 bridgehead atoms. The summed E-state index contributed by atoms with van der Waals surface area (Å²) in [5.74, 6) is 1.00. The van der Waals surface area contributed by atoms with E-state index in [9.17, 15) is 4.79 Å². The first-order chi connectivity index (χ1) is 9.69. The van der Waals surface area contributed by atoms with Crippen molar-refractivity contribution in [2.24, 2.45) is 0 Å². The molecule has 1 aromatic heterocycles. The van der Waals surface area contributed by atoms with Gasteiger partial charge in [-0.25, -0.2) is 0 Å². The highest BCUT2D eigenvalue weighted by atomic mass is 16.3. The van der Waals surface area contributed by atoms with Gasteiger partial charge < -0.3 is 9.73 Å². The van der Waals surface area contributed by atoms with Crippen LogP contribution in [0.15, 0.2) is 22.1 Å². The van der Waals surface area contributed by atoms with Gasteiger partial charge in [0, 0.05) is 12.1 Å². The molecule has 4 heteroatoms. The number of carbonyl (C=O) groups excluding carboxylic acids is 1. The Morgan fingerprint density at radius 2 is 2.05 bits per heavy atom. The van der Waals surface area contributed by atoms with Crippen LogP contribution in [0.5, 0.6) is 0 Å². The van der Waals surface area contributed by atoms with Gasteiger partial charge in [0.1, 0.15) is 23.2 Å². The average Bonchev–Trinajstić information content (AvgIpc) is 2.68. The molecule has 1 N–H and O–H groups in total. The minimum Gasteiger partial charge on any atom is -0.462 e. The fourth-order valence-corrected chi connectivity index (χ4v) is 2.51. The van der Waals surface area contributed by atoms with Crippen molar-refractivity contribution in [2.75, 3.05) is 0 Å². The largest absolute Gasteiger partial charge is 0.462 e. The van der Waals surface area contributed by atoms with Gasteiger partial charge in [0.05, 0.1) is 0 Å². The van der Waals surface area contributed by atoms with Crippen LogP contribution in [-0.2, 0) is 4.79 Å². The molecule has 1 fully saturated rings. The summed E-state index contributed by atoms with van der Waals surface area (Å²) in [7, 11) is 0. The number of amides is 1. The van der Waals surface area contributed by atoms with E-state index in [0.717, 1.165) is 31.4 Å². The van der Waals surface area contributed by atoms with E-state index in [4.69, 9.17) is 9.68 Å². The molecule has 0 radical (unpaired) electrons. The van der Waals surface area contributed by atoms with Crippen molar-refractivity contribution in [3.63, 3.8) is 0 Å². The van der Waals surface area contributed by atoms with Gasteiger partial charge in [0.25, 0.3) is 5.91 Å². The molecule has 1 saturated carbocycles. The maximum atomic E-state index is 12.1. The van der Waals surface area contributed by atoms with Gasteiger partial charge in [-0.3, -0.25) is 4.79 Å². The standard InChI is InChI=1S/C16H20N2O2/c1-12-8-9-15(20-12)10-13(11-17)16(19)18-14-6-4-2-3-5-7-14/h8-10,14H,2-7H2,1H3,(H,18,19)/b13-10-. The SMILES string of the molecule is Cc1ccc(/C=C(/C#N)C(=O)NC2CCCCCC2)o1. The highest BCUT2D eigenvalue weighted by Crippen LogP contribution is 2.18. The Morgan fingerprint density at radius 1 is 1.35 bits per heavy atom. The number of nitrogens with one attached hydrogen (secondary N) is 1. The van der Waals surface area contributed by atoms with Crippen molar-refractivity contribution in [1.29, 1.82) is 5.26 Å². The second-order valence-electron chi connectivity index (χ2n) is 5.28. The zero-order valence-electron chi connectivity index (χ0n) is 11.8. The van der Waals surface area contributed by atoms with E-state index >= 15 is 0 Å². The Hall–Kier alpha value is -2.02. The second kappa shape index (κ2) is 6.95. The van der Waals surface area contributed by atoms with Gasteiger partial charge in [-0.15, -0.1) is 0 Å². The Kier molecular flexibility index (Phi) is 5.00. The molecule has 0 aliphatic heterocycles. The molecular weight excluding hydrogens is 252 g/mol. The van der Waals surface area contributed by atoms with Crippen LogP contribution in [0.4, 0.5) is 0 Å². The Bertz CT molecular complexity index is 529. The second-order valence-corrected chi connectivity index (χ2v) is 5.28. The maximum absolute atomic E-state index is 12.1. The molecule has 0 unspecified atom stereocenters. The minimum atomic E-state index is -0.298. The van der Waals surface area contributed by atoms with Gasteiger partial charge >= 0.3 is 0 Å². The van der Waals surface area contributed by atoms with E-state index in [2.05, 4.69) is 5.32 Å². The van der Waals surface area contributed by atoms with E-state index in [0.29, 0.717) is 5.76 Å². The number of aryl methyl sites for hydroxylation is 1. The first kappa shape index (κ1) is 14.4. The van der Waals surface area contributed by atoms with Gasteiger partial charge in [-0.05, 0) is 31.9 Å². The van der Waals surface area contributed by atoms with Crippen molar-refractivity contribution < 1.29 is 9.21 Å². The normalized spacial score (nSPS) is 17.3. The predicted octanol–water partition coefficient (Wildman–Crippen LogP) is 3.33. The summed E-state index contributed by atoms with van der Waals surface area (Å²) < 4.78 is 5.37. The number of carbonyl (C=O) groups is 1. The highest BCUT2D eigenvalue weighted by molar-refractivity contribution is 6.01. The molecule has 1 heterocycles. The van der Waals surface area contributed by atoms with E-state index in [1.54, 1.807) is 6.07 Å². The lowest BCUT2D eigenvalue weighted by molar-refractivity contribution is -0.117. The van der Waals surface area contributed by atoms with Crippen molar-refractivity contribution in [1.82, 2.24) is 5.32 Å². The molecule has 0 spiro atoms. The Morgan fingerprint density at radius 3 is 2.60 bits per heavy atom. The molecule has 4 nitrogen and oxygen atoms in total. The van der Waals surface area contributed by atoms with Crippen molar-refractivity contribution in [3.05, 3.63) is 29.2 Å². The summed E-state index contributed by atoms with van der Waals surface area (Å²) >= 11 is 0. The summed E-state index contributed by atoms with van der Waals surface area (Å²) in [6, 6.07) is 5.71. The lowest BCUT2D eigenvalue weighted by atomic mass is 10.1. The average molecular weight is 272 g/mol. The third-order valence-corrected chi connectivity index (χ3v) is 3.60. The van der Waals surface area contributed by atoms with Gasteiger partial charge in [0.2, 0.25) is 0 Å². The van der Waals surface area contributed by atoms with Crippen LogP contribution in [0.25, 0.3) is 6.08 Å². The summed E-state index contributed by atoms with van der Waals surface area (Å²) in [6.45, 7) is 1.83. The summed E-state index contributed by atoms with van der Waals surface area (Å²) in [4.78, 5) is 12.1. The van der Waals surface area contributed by atoms with Crippen LogP contribution >= 0.6 is 0 Å². The zero-order chi connectivity index (χ0) is 14.4. The molecule has 0 saturated heterocycles. The number of nitriles is 1. The lowest BCUT2D eigenvalue weighted by Gasteiger charge is -2.15.